The standard InChI is InChI=1S/C31H62O13/c32-6-7-33-8-9-34-10-11-35-12-13-36-14-15-37-16-17-38-18-19-39-20-21-40-22-23-41-24-25-42-26-27-43-28-29-44-30-31-4-2-1-3-5-31/h31-32H,1-30H2. The predicted molar refractivity (Wildman–Crippen MR) is 163 cm³/mol. The van der Waals surface area contributed by atoms with Gasteiger partial charge < -0.3 is 61.9 Å². The predicted octanol–water partition coefficient (Wildman–Crippen LogP) is 1.76. The molecule has 13 heteroatoms. The van der Waals surface area contributed by atoms with Crippen LogP contribution in [0.25, 0.3) is 0 Å². The van der Waals surface area contributed by atoms with E-state index in [1.54, 1.807) is 0 Å². The third kappa shape index (κ3) is 32.9. The monoisotopic (exact) mass is 642 g/mol. The molecule has 0 aromatic rings. The third-order valence-corrected chi connectivity index (χ3v) is 6.41. The summed E-state index contributed by atoms with van der Waals surface area (Å²) in [6.45, 7) is 12.9. The van der Waals surface area contributed by atoms with Crippen molar-refractivity contribution in [1.29, 1.82) is 0 Å². The zero-order valence-electron chi connectivity index (χ0n) is 27.1. The fourth-order valence-corrected chi connectivity index (χ4v) is 4.09. The topological polar surface area (TPSA) is 131 Å². The van der Waals surface area contributed by atoms with Gasteiger partial charge in [0.15, 0.2) is 0 Å². The largest absolute Gasteiger partial charge is 0.394 e. The van der Waals surface area contributed by atoms with Gasteiger partial charge in [-0.3, -0.25) is 0 Å². The quantitative estimate of drug-likeness (QED) is 0.0989. The SMILES string of the molecule is OCCOCCOCCOCCOCCOCCOCCOCCOCCOCCOCCOCCOCC1CCCCC1. The highest BCUT2D eigenvalue weighted by Gasteiger charge is 2.12. The van der Waals surface area contributed by atoms with Gasteiger partial charge in [0.05, 0.1) is 159 Å². The molecule has 0 saturated heterocycles. The minimum absolute atomic E-state index is 0.0273. The lowest BCUT2D eigenvalue weighted by atomic mass is 9.90. The van der Waals surface area contributed by atoms with Crippen molar-refractivity contribution in [3.05, 3.63) is 0 Å². The first kappa shape index (κ1) is 41.5. The van der Waals surface area contributed by atoms with Crippen molar-refractivity contribution in [2.45, 2.75) is 32.1 Å². The van der Waals surface area contributed by atoms with E-state index in [1.165, 1.54) is 32.1 Å². The maximum absolute atomic E-state index is 8.58. The first-order valence-electron chi connectivity index (χ1n) is 16.5. The molecule has 1 aliphatic rings. The molecule has 0 bridgehead atoms. The van der Waals surface area contributed by atoms with Gasteiger partial charge in [-0.05, 0) is 18.8 Å². The van der Waals surface area contributed by atoms with Gasteiger partial charge in [0, 0.05) is 6.61 Å². The van der Waals surface area contributed by atoms with Crippen molar-refractivity contribution in [3.63, 3.8) is 0 Å². The molecule has 0 radical (unpaired) electrons. The van der Waals surface area contributed by atoms with Crippen molar-refractivity contribution in [1.82, 2.24) is 0 Å². The summed E-state index contributed by atoms with van der Waals surface area (Å²) in [7, 11) is 0. The molecule has 1 N–H and O–H groups in total. The van der Waals surface area contributed by atoms with Gasteiger partial charge in [-0.25, -0.2) is 0 Å². The van der Waals surface area contributed by atoms with Crippen molar-refractivity contribution in [2.24, 2.45) is 5.92 Å². The molecule has 0 aromatic heterocycles. The van der Waals surface area contributed by atoms with Gasteiger partial charge in [0.2, 0.25) is 0 Å². The fraction of sp³-hybridized carbons (Fsp3) is 1.00. The van der Waals surface area contributed by atoms with E-state index in [-0.39, 0.29) is 6.61 Å². The highest BCUT2D eigenvalue weighted by Crippen LogP contribution is 2.23. The van der Waals surface area contributed by atoms with Crippen LogP contribution >= 0.6 is 0 Å². The first-order chi connectivity index (χ1) is 21.9. The van der Waals surface area contributed by atoms with E-state index >= 15 is 0 Å². The van der Waals surface area contributed by atoms with Gasteiger partial charge in [0.1, 0.15) is 0 Å². The molecule has 0 heterocycles. The van der Waals surface area contributed by atoms with Gasteiger partial charge in [0.25, 0.3) is 0 Å². The number of ether oxygens (including phenoxy) is 12. The molecule has 44 heavy (non-hydrogen) atoms. The van der Waals surface area contributed by atoms with E-state index in [0.717, 1.165) is 12.5 Å². The zero-order valence-corrected chi connectivity index (χ0v) is 27.1. The average Bonchev–Trinajstić information content (AvgIpc) is 3.05. The molecular formula is C31H62O13. The van der Waals surface area contributed by atoms with Crippen LogP contribution in [0, 0.1) is 5.92 Å². The van der Waals surface area contributed by atoms with Crippen molar-refractivity contribution >= 4 is 0 Å². The lowest BCUT2D eigenvalue weighted by Gasteiger charge is -2.21. The summed E-state index contributed by atoms with van der Waals surface area (Å²) in [6.07, 6.45) is 6.71. The Morgan fingerprint density at radius 2 is 0.523 bits per heavy atom. The first-order valence-corrected chi connectivity index (χ1v) is 16.5. The molecule has 1 fully saturated rings. The molecule has 1 aliphatic carbocycles. The average molecular weight is 643 g/mol. The second-order valence-electron chi connectivity index (χ2n) is 10.0. The lowest BCUT2D eigenvalue weighted by molar-refractivity contribution is -0.0290. The van der Waals surface area contributed by atoms with E-state index in [0.29, 0.717) is 152 Å². The summed E-state index contributed by atoms with van der Waals surface area (Å²) in [5.74, 6) is 0.749. The van der Waals surface area contributed by atoms with Gasteiger partial charge in [-0.2, -0.15) is 0 Å². The second-order valence-corrected chi connectivity index (χ2v) is 10.0. The molecule has 264 valence electrons. The highest BCUT2D eigenvalue weighted by atomic mass is 16.6. The number of aliphatic hydroxyl groups is 1. The van der Waals surface area contributed by atoms with Crippen LogP contribution in [0.5, 0.6) is 0 Å². The minimum Gasteiger partial charge on any atom is -0.394 e. The summed E-state index contributed by atoms with van der Waals surface area (Å²) in [5, 5.41) is 8.58. The number of hydrogen-bond acceptors (Lipinski definition) is 13. The Balaban J connectivity index is 1.60. The van der Waals surface area contributed by atoms with Gasteiger partial charge in [-0.15, -0.1) is 0 Å². The Kier molecular flexibility index (Phi) is 34.8. The second kappa shape index (κ2) is 36.9. The Morgan fingerprint density at radius 1 is 0.295 bits per heavy atom. The lowest BCUT2D eigenvalue weighted by Crippen LogP contribution is -2.16. The van der Waals surface area contributed by atoms with Crippen LogP contribution in [0.2, 0.25) is 0 Å². The third-order valence-electron chi connectivity index (χ3n) is 6.41. The Hall–Kier alpha value is -0.520. The van der Waals surface area contributed by atoms with E-state index in [4.69, 9.17) is 61.9 Å². The summed E-state index contributed by atoms with van der Waals surface area (Å²) < 4.78 is 65.4. The van der Waals surface area contributed by atoms with Crippen molar-refractivity contribution < 1.29 is 61.9 Å². The highest BCUT2D eigenvalue weighted by molar-refractivity contribution is 4.64. The molecule has 0 aliphatic heterocycles. The van der Waals surface area contributed by atoms with Crippen LogP contribution in [0.3, 0.4) is 0 Å². The van der Waals surface area contributed by atoms with Gasteiger partial charge >= 0.3 is 0 Å². The number of rotatable bonds is 37. The Morgan fingerprint density at radius 3 is 0.773 bits per heavy atom. The minimum atomic E-state index is 0.0273. The van der Waals surface area contributed by atoms with Crippen LogP contribution in [0.15, 0.2) is 0 Å². The Bertz CT molecular complexity index is 527. The summed E-state index contributed by atoms with van der Waals surface area (Å²) >= 11 is 0. The zero-order chi connectivity index (χ0) is 31.3. The van der Waals surface area contributed by atoms with Crippen LogP contribution in [-0.2, 0) is 56.8 Å². The molecule has 1 saturated carbocycles. The van der Waals surface area contributed by atoms with Crippen molar-refractivity contribution in [2.75, 3.05) is 165 Å². The summed E-state index contributed by atoms with van der Waals surface area (Å²) in [5.41, 5.74) is 0. The van der Waals surface area contributed by atoms with E-state index < -0.39 is 0 Å². The Labute approximate surface area is 265 Å². The van der Waals surface area contributed by atoms with Crippen LogP contribution in [-0.4, -0.2) is 170 Å². The van der Waals surface area contributed by atoms with Gasteiger partial charge in [-0.1, -0.05) is 19.3 Å². The molecule has 0 unspecified atom stereocenters. The molecule has 0 amide bonds. The van der Waals surface area contributed by atoms with Crippen LogP contribution in [0.4, 0.5) is 0 Å². The maximum Gasteiger partial charge on any atom is 0.0701 e. The molecule has 0 spiro atoms. The summed E-state index contributed by atoms with van der Waals surface area (Å²) in [6, 6.07) is 0. The molecule has 0 aromatic carbocycles. The van der Waals surface area contributed by atoms with Crippen LogP contribution in [0.1, 0.15) is 32.1 Å². The van der Waals surface area contributed by atoms with E-state index in [2.05, 4.69) is 0 Å². The molecule has 13 nitrogen and oxygen atoms in total. The number of aliphatic hydroxyl groups excluding tert-OH is 1. The van der Waals surface area contributed by atoms with Crippen LogP contribution < -0.4 is 0 Å². The van der Waals surface area contributed by atoms with E-state index in [1.807, 2.05) is 0 Å². The maximum atomic E-state index is 8.58. The normalized spacial score (nSPS) is 14.1. The molecule has 1 rings (SSSR count). The smallest absolute Gasteiger partial charge is 0.0701 e. The van der Waals surface area contributed by atoms with E-state index in [9.17, 15) is 0 Å². The number of hydrogen-bond donors (Lipinski definition) is 1. The van der Waals surface area contributed by atoms with Crippen molar-refractivity contribution in [3.8, 4) is 0 Å². The fourth-order valence-electron chi connectivity index (χ4n) is 4.09. The summed E-state index contributed by atoms with van der Waals surface area (Å²) in [4.78, 5) is 0. The molecular weight excluding hydrogens is 580 g/mol. The molecule has 0 atom stereocenters.